The summed E-state index contributed by atoms with van der Waals surface area (Å²) in [6.45, 7) is 1.56. The molecule has 162 valence electrons. The smallest absolute Gasteiger partial charge is 0.340 e. The molecular weight excluding hydrogens is 415 g/mol. The average Bonchev–Trinajstić information content (AvgIpc) is 3.07. The number of nitrogens with zero attached hydrogens (tertiary/aromatic N) is 3. The number of aryl methyl sites for hydroxylation is 1. The van der Waals surface area contributed by atoms with Crippen LogP contribution in [0.5, 0.6) is 0 Å². The molecule has 2 unspecified atom stereocenters. The number of carboxylic acid groups (broad SMARTS) is 1. The molecule has 3 N–H and O–H groups in total. The summed E-state index contributed by atoms with van der Waals surface area (Å²) < 4.78 is 14.7. The minimum Gasteiger partial charge on any atom is -0.479 e. The molecule has 0 radical (unpaired) electrons. The fourth-order valence-corrected chi connectivity index (χ4v) is 3.51. The number of aliphatic hydroxyl groups excluding tert-OH is 1. The summed E-state index contributed by atoms with van der Waals surface area (Å²) in [7, 11) is 0. The fraction of sp³-hybridized carbons (Fsp3) is 0.130. The maximum Gasteiger partial charge on any atom is 0.340 e. The second-order valence-electron chi connectivity index (χ2n) is 7.29. The molecule has 4 rings (SSSR count). The van der Waals surface area contributed by atoms with Crippen molar-refractivity contribution >= 4 is 17.2 Å². The van der Waals surface area contributed by atoms with Crippen LogP contribution in [-0.4, -0.2) is 37.6 Å². The highest BCUT2D eigenvalue weighted by Gasteiger charge is 2.47. The Hall–Kier alpha value is -4.11. The lowest BCUT2D eigenvalue weighted by atomic mass is 9.81. The lowest BCUT2D eigenvalue weighted by molar-refractivity contribution is -0.144. The first kappa shape index (κ1) is 21.1. The summed E-state index contributed by atoms with van der Waals surface area (Å²) in [4.78, 5) is 25.0. The topological polar surface area (TPSA) is 120 Å². The van der Waals surface area contributed by atoms with Gasteiger partial charge in [0.25, 0.3) is 5.56 Å². The summed E-state index contributed by atoms with van der Waals surface area (Å²) in [5.41, 5.74) is -1.36. The van der Waals surface area contributed by atoms with Gasteiger partial charge in [-0.2, -0.15) is 5.11 Å². The number of aromatic nitrogens is 2. The highest BCUT2D eigenvalue weighted by molar-refractivity contribution is 5.89. The number of allylic oxidation sites excluding steroid dienone is 2. The summed E-state index contributed by atoms with van der Waals surface area (Å²) in [6.07, 6.45) is 2.77. The van der Waals surface area contributed by atoms with E-state index in [2.05, 4.69) is 15.3 Å². The molecule has 0 spiro atoms. The maximum absolute atomic E-state index is 13.6. The van der Waals surface area contributed by atoms with Gasteiger partial charge in [0.05, 0.1) is 11.4 Å². The molecule has 0 saturated carbocycles. The van der Waals surface area contributed by atoms with E-state index in [-0.39, 0.29) is 11.4 Å². The minimum absolute atomic E-state index is 0.147. The van der Waals surface area contributed by atoms with E-state index in [1.807, 2.05) is 0 Å². The van der Waals surface area contributed by atoms with Gasteiger partial charge < -0.3 is 10.2 Å². The first-order chi connectivity index (χ1) is 15.3. The molecule has 1 aromatic heterocycles. The zero-order chi connectivity index (χ0) is 22.9. The van der Waals surface area contributed by atoms with Gasteiger partial charge in [0.15, 0.2) is 5.69 Å². The number of azo groups is 1. The number of rotatable bonds is 5. The first-order valence-corrected chi connectivity index (χ1v) is 9.70. The molecule has 8 nitrogen and oxygen atoms in total. The molecular formula is C23H19FN4O4. The third-order valence-corrected chi connectivity index (χ3v) is 5.21. The van der Waals surface area contributed by atoms with Crippen molar-refractivity contribution in [2.24, 2.45) is 10.2 Å². The fourth-order valence-electron chi connectivity index (χ4n) is 3.51. The van der Waals surface area contributed by atoms with Crippen molar-refractivity contribution in [2.75, 3.05) is 0 Å². The molecule has 1 aliphatic carbocycles. The van der Waals surface area contributed by atoms with E-state index in [1.165, 1.54) is 36.4 Å². The summed E-state index contributed by atoms with van der Waals surface area (Å²) >= 11 is 0. The Morgan fingerprint density at radius 1 is 1.19 bits per heavy atom. The van der Waals surface area contributed by atoms with E-state index in [0.717, 1.165) is 4.68 Å². The number of aliphatic hydroxyl groups is 1. The molecule has 9 heteroatoms. The molecule has 0 fully saturated rings. The van der Waals surface area contributed by atoms with Crippen LogP contribution in [0, 0.1) is 12.7 Å². The third kappa shape index (κ3) is 3.58. The highest BCUT2D eigenvalue weighted by Crippen LogP contribution is 2.34. The maximum atomic E-state index is 13.6. The molecule has 2 atom stereocenters. The number of halogens is 1. The molecule has 2 aromatic carbocycles. The van der Waals surface area contributed by atoms with Gasteiger partial charge in [-0.3, -0.25) is 9.89 Å². The van der Waals surface area contributed by atoms with Crippen molar-refractivity contribution in [1.82, 2.24) is 9.78 Å². The number of aliphatic carboxylic acids is 1. The third-order valence-electron chi connectivity index (χ3n) is 5.21. The number of H-pyrrole nitrogens is 1. The second kappa shape index (κ2) is 8.20. The molecule has 1 aliphatic rings. The van der Waals surface area contributed by atoms with E-state index in [1.54, 1.807) is 43.3 Å². The number of carbonyl (C=O) groups is 1. The Bertz CT molecular complexity index is 1320. The molecule has 3 aromatic rings. The van der Waals surface area contributed by atoms with Crippen molar-refractivity contribution in [3.8, 4) is 5.69 Å². The Morgan fingerprint density at radius 3 is 2.62 bits per heavy atom. The van der Waals surface area contributed by atoms with Crippen LogP contribution in [-0.2, 0) is 4.79 Å². The van der Waals surface area contributed by atoms with Crippen LogP contribution in [0.25, 0.3) is 11.3 Å². The summed E-state index contributed by atoms with van der Waals surface area (Å²) in [6, 6.07) is 14.2. The van der Waals surface area contributed by atoms with Gasteiger partial charge in [-0.15, -0.1) is 5.11 Å². The summed E-state index contributed by atoms with van der Waals surface area (Å²) in [5.74, 6) is -1.95. The second-order valence-corrected chi connectivity index (χ2v) is 7.29. The molecule has 32 heavy (non-hydrogen) atoms. The highest BCUT2D eigenvalue weighted by atomic mass is 19.1. The lowest BCUT2D eigenvalue weighted by Crippen LogP contribution is -2.47. The van der Waals surface area contributed by atoms with E-state index in [9.17, 15) is 24.2 Å². The number of hydrogen-bond donors (Lipinski definition) is 3. The van der Waals surface area contributed by atoms with Crippen LogP contribution in [0.4, 0.5) is 10.1 Å². The first-order valence-electron chi connectivity index (χ1n) is 9.70. The zero-order valence-corrected chi connectivity index (χ0v) is 16.9. The number of aromatic amines is 1. The quantitative estimate of drug-likeness (QED) is 0.532. The molecule has 0 bridgehead atoms. The van der Waals surface area contributed by atoms with Crippen molar-refractivity contribution in [1.29, 1.82) is 0 Å². The Kier molecular flexibility index (Phi) is 5.41. The van der Waals surface area contributed by atoms with Gasteiger partial charge in [0, 0.05) is 0 Å². The predicted octanol–water partition coefficient (Wildman–Crippen LogP) is 3.53. The number of benzene rings is 2. The van der Waals surface area contributed by atoms with Gasteiger partial charge >= 0.3 is 5.97 Å². The van der Waals surface area contributed by atoms with Gasteiger partial charge in [0.2, 0.25) is 5.54 Å². The van der Waals surface area contributed by atoms with Crippen molar-refractivity contribution in [2.45, 2.75) is 18.6 Å². The van der Waals surface area contributed by atoms with E-state index in [0.29, 0.717) is 16.8 Å². The number of hydrogen-bond acceptors (Lipinski definition) is 5. The molecule has 0 aliphatic heterocycles. The van der Waals surface area contributed by atoms with Crippen LogP contribution < -0.4 is 5.56 Å². The normalized spacial score (nSPS) is 20.5. The molecule has 1 heterocycles. The Balaban J connectivity index is 1.75. The van der Waals surface area contributed by atoms with E-state index < -0.39 is 29.0 Å². The van der Waals surface area contributed by atoms with Crippen molar-refractivity contribution < 1.29 is 19.4 Å². The van der Waals surface area contributed by atoms with Crippen LogP contribution in [0.15, 0.2) is 87.8 Å². The van der Waals surface area contributed by atoms with E-state index >= 15 is 0 Å². The van der Waals surface area contributed by atoms with Gasteiger partial charge in [-0.1, -0.05) is 48.6 Å². The lowest BCUT2D eigenvalue weighted by Gasteiger charge is -2.30. The summed E-state index contributed by atoms with van der Waals surface area (Å²) in [5, 5.41) is 31.5. The minimum atomic E-state index is -2.13. The van der Waals surface area contributed by atoms with Crippen LogP contribution in [0.2, 0.25) is 0 Å². The van der Waals surface area contributed by atoms with Crippen LogP contribution in [0.3, 0.4) is 0 Å². The van der Waals surface area contributed by atoms with Crippen LogP contribution in [0.1, 0.15) is 11.3 Å². The molecule has 0 amide bonds. The average molecular weight is 434 g/mol. The zero-order valence-electron chi connectivity index (χ0n) is 16.9. The largest absolute Gasteiger partial charge is 0.479 e. The van der Waals surface area contributed by atoms with Crippen molar-refractivity contribution in [3.05, 3.63) is 100 Å². The predicted molar refractivity (Wildman–Crippen MR) is 116 cm³/mol. The monoisotopic (exact) mass is 434 g/mol. The number of carboxylic acids is 1. The van der Waals surface area contributed by atoms with Gasteiger partial charge in [-0.25, -0.2) is 13.9 Å². The standard InChI is InChI=1S/C23H19FN4O4/c1-14-19(21(30)28(26-14)17-10-5-9-16(24)13-17)25-27-23(22(31)32)12-6-11-18(20(23)29)15-7-3-2-4-8-15/h2-13,20,26,29H,1H3,(H,31,32). The molecule has 0 saturated heterocycles. The van der Waals surface area contributed by atoms with Gasteiger partial charge in [0.1, 0.15) is 11.9 Å². The SMILES string of the molecule is Cc1[nH]n(-c2cccc(F)c2)c(=O)c1N=NC1(C(=O)O)C=CC=C(c2ccccc2)C1O. The Morgan fingerprint density at radius 2 is 1.94 bits per heavy atom. The van der Waals surface area contributed by atoms with E-state index in [4.69, 9.17) is 0 Å². The van der Waals surface area contributed by atoms with Crippen molar-refractivity contribution in [3.63, 3.8) is 0 Å². The Labute approximate surface area is 181 Å². The number of nitrogens with one attached hydrogen (secondary N) is 1. The van der Waals surface area contributed by atoms with Gasteiger partial charge in [-0.05, 0) is 42.3 Å². The van der Waals surface area contributed by atoms with Crippen LogP contribution >= 0.6 is 0 Å².